The van der Waals surface area contributed by atoms with E-state index in [2.05, 4.69) is 39.0 Å². The van der Waals surface area contributed by atoms with Crippen LogP contribution in [-0.2, 0) is 9.47 Å². The van der Waals surface area contributed by atoms with E-state index in [-0.39, 0.29) is 6.10 Å². The Hall–Kier alpha value is -2.09. The van der Waals surface area contributed by atoms with Crippen molar-refractivity contribution in [2.24, 2.45) is 0 Å². The molecule has 3 aliphatic rings. The van der Waals surface area contributed by atoms with Crippen LogP contribution in [0.25, 0.3) is 0 Å². The molecule has 31 heavy (non-hydrogen) atoms. The smallest absolute Gasteiger partial charge is 0.298 e. The Kier molecular flexibility index (Phi) is 6.72. The summed E-state index contributed by atoms with van der Waals surface area (Å²) in [5.74, 6) is 1.63. The maximum absolute atomic E-state index is 6.41. The van der Waals surface area contributed by atoms with Gasteiger partial charge in [0.15, 0.2) is 0 Å². The van der Waals surface area contributed by atoms with Gasteiger partial charge in [-0.25, -0.2) is 4.98 Å². The number of benzene rings is 1. The van der Waals surface area contributed by atoms with Crippen molar-refractivity contribution in [3.05, 3.63) is 42.3 Å². The van der Waals surface area contributed by atoms with Gasteiger partial charge in [-0.05, 0) is 49.9 Å². The Morgan fingerprint density at radius 1 is 0.935 bits per heavy atom. The number of oxazole rings is 1. The van der Waals surface area contributed by atoms with Crippen LogP contribution in [0, 0.1) is 0 Å². The van der Waals surface area contributed by atoms with Gasteiger partial charge in [-0.2, -0.15) is 0 Å². The minimum absolute atomic E-state index is 0.282. The highest BCUT2D eigenvalue weighted by Gasteiger charge is 2.30. The highest BCUT2D eigenvalue weighted by Crippen LogP contribution is 2.36. The molecule has 168 valence electrons. The van der Waals surface area contributed by atoms with Gasteiger partial charge in [0.25, 0.3) is 6.01 Å². The Morgan fingerprint density at radius 3 is 2.58 bits per heavy atom. The summed E-state index contributed by atoms with van der Waals surface area (Å²) in [5, 5.41) is 0. The maximum atomic E-state index is 6.41. The third kappa shape index (κ3) is 5.05. The molecule has 3 aliphatic heterocycles. The molecule has 3 fully saturated rings. The van der Waals surface area contributed by atoms with E-state index >= 15 is 0 Å². The molecule has 0 N–H and O–H groups in total. The number of nitrogens with zero attached hydrogens (tertiary/aromatic N) is 3. The fourth-order valence-electron chi connectivity index (χ4n) is 5.04. The molecule has 5 rings (SSSR count). The van der Waals surface area contributed by atoms with Crippen LogP contribution in [-0.4, -0.2) is 68.2 Å². The molecule has 0 spiro atoms. The zero-order valence-electron chi connectivity index (χ0n) is 18.2. The molecule has 0 aliphatic carbocycles. The molecule has 1 aromatic carbocycles. The summed E-state index contributed by atoms with van der Waals surface area (Å²) in [4.78, 5) is 8.95. The van der Waals surface area contributed by atoms with E-state index < -0.39 is 0 Å². The van der Waals surface area contributed by atoms with Crippen molar-refractivity contribution in [3.63, 3.8) is 0 Å². The quantitative estimate of drug-likeness (QED) is 0.722. The summed E-state index contributed by atoms with van der Waals surface area (Å²) in [6.45, 7) is 6.04. The van der Waals surface area contributed by atoms with Gasteiger partial charge in [-0.3, -0.25) is 4.90 Å². The Bertz CT molecular complexity index is 801. The highest BCUT2D eigenvalue weighted by atomic mass is 16.5. The minimum atomic E-state index is 0.282. The minimum Gasteiger partial charge on any atom is -0.490 e. The van der Waals surface area contributed by atoms with Crippen LogP contribution in [0.3, 0.4) is 0 Å². The standard InChI is InChI=1S/C24H33N3O4/c1-2-4-23(31-21-8-14-28-15-9-21)22(3-1)19-5-11-26(12-6-19)20-7-13-27(18-29-17-20)24-25-10-16-30-24/h1-4,10,16,19-21H,5-9,11-15,17-18H2/t20-/m0/s1. The summed E-state index contributed by atoms with van der Waals surface area (Å²) < 4.78 is 23.3. The predicted octanol–water partition coefficient (Wildman–Crippen LogP) is 3.66. The van der Waals surface area contributed by atoms with E-state index in [1.54, 1.807) is 12.5 Å². The van der Waals surface area contributed by atoms with Crippen molar-refractivity contribution in [1.82, 2.24) is 9.88 Å². The normalized spacial score (nSPS) is 24.8. The van der Waals surface area contributed by atoms with Gasteiger partial charge in [0.1, 0.15) is 24.8 Å². The lowest BCUT2D eigenvalue weighted by Crippen LogP contribution is -2.43. The Morgan fingerprint density at radius 2 is 1.77 bits per heavy atom. The van der Waals surface area contributed by atoms with E-state index in [4.69, 9.17) is 18.6 Å². The lowest BCUT2D eigenvalue weighted by Gasteiger charge is -2.37. The van der Waals surface area contributed by atoms with Gasteiger partial charge in [0.05, 0.1) is 26.0 Å². The second-order valence-corrected chi connectivity index (χ2v) is 8.80. The van der Waals surface area contributed by atoms with Crippen LogP contribution in [0.5, 0.6) is 5.75 Å². The van der Waals surface area contributed by atoms with E-state index in [1.807, 2.05) is 0 Å². The molecule has 0 amide bonds. The fourth-order valence-corrected chi connectivity index (χ4v) is 5.04. The lowest BCUT2D eigenvalue weighted by molar-refractivity contribution is 0.0246. The second kappa shape index (κ2) is 10.0. The second-order valence-electron chi connectivity index (χ2n) is 8.80. The van der Waals surface area contributed by atoms with Crippen LogP contribution in [0.2, 0.25) is 0 Å². The molecule has 0 saturated carbocycles. The number of hydrogen-bond donors (Lipinski definition) is 0. The van der Waals surface area contributed by atoms with E-state index in [9.17, 15) is 0 Å². The van der Waals surface area contributed by atoms with Crippen molar-refractivity contribution >= 4 is 6.01 Å². The number of hydrogen-bond acceptors (Lipinski definition) is 7. The lowest BCUT2D eigenvalue weighted by atomic mass is 9.88. The number of piperidine rings is 1. The molecular formula is C24H33N3O4. The first-order valence-electron chi connectivity index (χ1n) is 11.7. The molecule has 4 heterocycles. The molecule has 2 aromatic rings. The Balaban J connectivity index is 1.16. The number of likely N-dealkylation sites (tertiary alicyclic amines) is 1. The molecule has 3 saturated heterocycles. The average Bonchev–Trinajstić information content (AvgIpc) is 3.25. The molecule has 7 nitrogen and oxygen atoms in total. The van der Waals surface area contributed by atoms with Crippen molar-refractivity contribution in [2.75, 3.05) is 51.1 Å². The van der Waals surface area contributed by atoms with Crippen LogP contribution in [0.15, 0.2) is 41.1 Å². The fraction of sp³-hybridized carbons (Fsp3) is 0.625. The Labute approximate surface area is 184 Å². The number of para-hydroxylation sites is 1. The number of rotatable bonds is 5. The van der Waals surface area contributed by atoms with Gasteiger partial charge >= 0.3 is 0 Å². The topological polar surface area (TPSA) is 60.2 Å². The van der Waals surface area contributed by atoms with Crippen molar-refractivity contribution in [1.29, 1.82) is 0 Å². The summed E-state index contributed by atoms with van der Waals surface area (Å²) in [7, 11) is 0. The van der Waals surface area contributed by atoms with Crippen LogP contribution in [0.1, 0.15) is 43.6 Å². The van der Waals surface area contributed by atoms with Crippen molar-refractivity contribution in [2.45, 2.75) is 50.2 Å². The largest absolute Gasteiger partial charge is 0.490 e. The first-order valence-corrected chi connectivity index (χ1v) is 11.7. The zero-order chi connectivity index (χ0) is 20.9. The number of anilines is 1. The SMILES string of the molecule is c1ccc(C2CCN([C@H]3CCN(c4ncco4)COC3)CC2)c(OC2CCOCC2)c1. The average molecular weight is 428 g/mol. The summed E-state index contributed by atoms with van der Waals surface area (Å²) in [6, 6.07) is 9.76. The van der Waals surface area contributed by atoms with E-state index in [0.29, 0.717) is 24.7 Å². The maximum Gasteiger partial charge on any atom is 0.298 e. The highest BCUT2D eigenvalue weighted by molar-refractivity contribution is 5.37. The first kappa shape index (κ1) is 20.8. The van der Waals surface area contributed by atoms with Crippen molar-refractivity contribution < 1.29 is 18.6 Å². The van der Waals surface area contributed by atoms with Gasteiger partial charge in [-0.15, -0.1) is 0 Å². The molecule has 1 aromatic heterocycles. The molecule has 1 atom stereocenters. The van der Waals surface area contributed by atoms with Gasteiger partial charge in [0, 0.05) is 25.4 Å². The molecule has 7 heteroatoms. The van der Waals surface area contributed by atoms with E-state index in [1.165, 1.54) is 5.56 Å². The predicted molar refractivity (Wildman–Crippen MR) is 118 cm³/mol. The number of ether oxygens (including phenoxy) is 3. The van der Waals surface area contributed by atoms with Gasteiger partial charge < -0.3 is 23.5 Å². The van der Waals surface area contributed by atoms with Crippen molar-refractivity contribution in [3.8, 4) is 5.75 Å². The summed E-state index contributed by atoms with van der Waals surface area (Å²) in [6.07, 6.45) is 8.94. The van der Waals surface area contributed by atoms with E-state index in [0.717, 1.165) is 77.3 Å². The first-order chi connectivity index (χ1) is 15.4. The third-order valence-electron chi connectivity index (χ3n) is 6.85. The van der Waals surface area contributed by atoms with Crippen LogP contribution < -0.4 is 9.64 Å². The monoisotopic (exact) mass is 427 g/mol. The van der Waals surface area contributed by atoms with Crippen LogP contribution in [0.4, 0.5) is 6.01 Å². The number of aromatic nitrogens is 1. The zero-order valence-corrected chi connectivity index (χ0v) is 18.2. The third-order valence-corrected chi connectivity index (χ3v) is 6.85. The van der Waals surface area contributed by atoms with Gasteiger partial charge in [0.2, 0.25) is 0 Å². The van der Waals surface area contributed by atoms with Gasteiger partial charge in [-0.1, -0.05) is 18.2 Å². The summed E-state index contributed by atoms with van der Waals surface area (Å²) in [5.41, 5.74) is 1.38. The molecule has 0 bridgehead atoms. The van der Waals surface area contributed by atoms with Crippen LogP contribution >= 0.6 is 0 Å². The summed E-state index contributed by atoms with van der Waals surface area (Å²) >= 11 is 0. The molecule has 0 unspecified atom stereocenters. The molecular weight excluding hydrogens is 394 g/mol. The molecule has 0 radical (unpaired) electrons.